The van der Waals surface area contributed by atoms with Gasteiger partial charge in [-0.3, -0.25) is 14.6 Å². The lowest BCUT2D eigenvalue weighted by atomic mass is 10.0. The maximum Gasteiger partial charge on any atom is 0.192 e. The zero-order valence-corrected chi connectivity index (χ0v) is 17.4. The van der Waals surface area contributed by atoms with Crippen LogP contribution in [0.4, 0.5) is 0 Å². The molecule has 0 amide bonds. The van der Waals surface area contributed by atoms with Gasteiger partial charge >= 0.3 is 0 Å². The van der Waals surface area contributed by atoms with Crippen LogP contribution in [0.5, 0.6) is 0 Å². The van der Waals surface area contributed by atoms with Crippen LogP contribution in [0.25, 0.3) is 11.4 Å². The molecule has 0 spiro atoms. The molecule has 8 heteroatoms. The van der Waals surface area contributed by atoms with E-state index in [2.05, 4.69) is 20.2 Å². The van der Waals surface area contributed by atoms with Crippen molar-refractivity contribution in [1.82, 2.24) is 24.7 Å². The summed E-state index contributed by atoms with van der Waals surface area (Å²) in [5, 5.41) is 8.90. The van der Waals surface area contributed by atoms with Crippen molar-refractivity contribution in [3.63, 3.8) is 0 Å². The number of carbonyl (C=O) groups excluding carboxylic acids is 2. The van der Waals surface area contributed by atoms with Gasteiger partial charge in [-0.25, -0.2) is 0 Å². The van der Waals surface area contributed by atoms with Gasteiger partial charge < -0.3 is 9.55 Å². The molecule has 28 heavy (non-hydrogen) atoms. The number of hydrogen-bond acceptors (Lipinski definition) is 6. The molecule has 0 fully saturated rings. The Morgan fingerprint density at radius 2 is 1.89 bits per heavy atom. The van der Waals surface area contributed by atoms with Crippen LogP contribution in [0.1, 0.15) is 52.9 Å². The van der Waals surface area contributed by atoms with E-state index in [0.717, 1.165) is 17.1 Å². The van der Waals surface area contributed by atoms with E-state index in [1.807, 2.05) is 37.5 Å². The van der Waals surface area contributed by atoms with Gasteiger partial charge in [0, 0.05) is 35.8 Å². The van der Waals surface area contributed by atoms with Gasteiger partial charge in [-0.2, -0.15) is 0 Å². The third-order valence-electron chi connectivity index (χ3n) is 4.66. The molecule has 0 aliphatic heterocycles. The molecule has 0 bridgehead atoms. The number of nitrogens with zero attached hydrogens (tertiary/aromatic N) is 4. The fraction of sp³-hybridized carbons (Fsp3) is 0.350. The van der Waals surface area contributed by atoms with Crippen molar-refractivity contribution in [2.24, 2.45) is 0 Å². The fourth-order valence-corrected chi connectivity index (χ4v) is 4.29. The highest BCUT2D eigenvalue weighted by atomic mass is 32.2. The van der Waals surface area contributed by atoms with Gasteiger partial charge in [-0.15, -0.1) is 10.2 Å². The summed E-state index contributed by atoms with van der Waals surface area (Å²) in [6.07, 6.45) is 3.43. The average molecular weight is 398 g/mol. The fourth-order valence-electron chi connectivity index (χ4n) is 3.31. The number of rotatable bonds is 7. The van der Waals surface area contributed by atoms with Gasteiger partial charge in [0.25, 0.3) is 0 Å². The van der Waals surface area contributed by atoms with Gasteiger partial charge in [0.2, 0.25) is 0 Å². The van der Waals surface area contributed by atoms with Gasteiger partial charge in [-0.05, 0) is 52.3 Å². The summed E-state index contributed by atoms with van der Waals surface area (Å²) in [5.74, 6) is 0.644. The van der Waals surface area contributed by atoms with Crippen LogP contribution in [-0.4, -0.2) is 41.5 Å². The van der Waals surface area contributed by atoms with E-state index < -0.39 is 0 Å². The van der Waals surface area contributed by atoms with Crippen LogP contribution in [0.15, 0.2) is 29.7 Å². The van der Waals surface area contributed by atoms with Gasteiger partial charge in [0.1, 0.15) is 0 Å². The highest BCUT2D eigenvalue weighted by Gasteiger charge is 2.26. The third kappa shape index (κ3) is 3.64. The quantitative estimate of drug-likeness (QED) is 0.480. The number of thioether (sulfide) groups is 1. The maximum atomic E-state index is 13.0. The molecular weight excluding hydrogens is 374 g/mol. The number of ketones is 2. The van der Waals surface area contributed by atoms with E-state index in [4.69, 9.17) is 0 Å². The van der Waals surface area contributed by atoms with Crippen molar-refractivity contribution in [2.45, 2.75) is 51.6 Å². The predicted molar refractivity (Wildman–Crippen MR) is 109 cm³/mol. The molecule has 0 radical (unpaired) electrons. The molecule has 3 aromatic heterocycles. The number of H-pyrrole nitrogens is 1. The lowest BCUT2D eigenvalue weighted by molar-refractivity contribution is 0.0988. The zero-order valence-electron chi connectivity index (χ0n) is 16.6. The molecule has 146 valence electrons. The smallest absolute Gasteiger partial charge is 0.192 e. The van der Waals surface area contributed by atoms with Crippen molar-refractivity contribution in [3.8, 4) is 11.4 Å². The van der Waals surface area contributed by atoms with Gasteiger partial charge in [-0.1, -0.05) is 11.8 Å². The largest absolute Gasteiger partial charge is 0.355 e. The minimum absolute atomic E-state index is 0.0432. The lowest BCUT2D eigenvalue weighted by Crippen LogP contribution is -2.16. The summed E-state index contributed by atoms with van der Waals surface area (Å²) < 4.78 is 1.98. The van der Waals surface area contributed by atoms with Crippen LogP contribution in [0.3, 0.4) is 0 Å². The zero-order chi connectivity index (χ0) is 20.4. The van der Waals surface area contributed by atoms with Crippen LogP contribution < -0.4 is 0 Å². The Bertz CT molecular complexity index is 1020. The number of hydrogen-bond donors (Lipinski definition) is 1. The molecule has 1 atom stereocenters. The number of aromatic amines is 1. The Morgan fingerprint density at radius 1 is 1.21 bits per heavy atom. The SMILES string of the molecule is CCn1c(S[C@@H](C)C(=O)c2[nH]c(C)c(C(C)=O)c2C)nnc1-c1ccncc1. The molecular formula is C20H23N5O2S. The Kier molecular flexibility index (Phi) is 5.79. The standard InChI is InChI=1S/C20H23N5O2S/c1-6-25-19(15-7-9-21-10-8-15)23-24-20(25)28-14(5)18(27)17-11(2)16(13(4)26)12(3)22-17/h7-10,14,22H,6H2,1-5H3/t14-/m0/s1. The lowest BCUT2D eigenvalue weighted by Gasteiger charge is -2.11. The first-order chi connectivity index (χ1) is 13.3. The molecule has 0 aromatic carbocycles. The topological polar surface area (TPSA) is 93.5 Å². The highest BCUT2D eigenvalue weighted by Crippen LogP contribution is 2.29. The molecule has 1 N–H and O–H groups in total. The van der Waals surface area contributed by atoms with Gasteiger partial charge in [0.15, 0.2) is 22.5 Å². The number of pyridine rings is 1. The molecule has 3 heterocycles. The number of carbonyl (C=O) groups is 2. The first-order valence-electron chi connectivity index (χ1n) is 9.09. The van der Waals surface area contributed by atoms with Crippen molar-refractivity contribution in [3.05, 3.63) is 47.0 Å². The summed E-state index contributed by atoms with van der Waals surface area (Å²) in [6.45, 7) is 9.68. The number of nitrogens with one attached hydrogen (secondary N) is 1. The Labute approximate surface area is 168 Å². The monoisotopic (exact) mass is 397 g/mol. The van der Waals surface area contributed by atoms with Crippen molar-refractivity contribution in [1.29, 1.82) is 0 Å². The molecule has 0 saturated carbocycles. The number of aromatic nitrogens is 5. The average Bonchev–Trinajstić information content (AvgIpc) is 3.21. The molecule has 0 aliphatic rings. The van der Waals surface area contributed by atoms with E-state index in [0.29, 0.717) is 28.5 Å². The molecule has 0 saturated heterocycles. The van der Waals surface area contributed by atoms with E-state index in [1.54, 1.807) is 19.3 Å². The van der Waals surface area contributed by atoms with Crippen LogP contribution in [0, 0.1) is 13.8 Å². The summed E-state index contributed by atoms with van der Waals surface area (Å²) >= 11 is 1.36. The molecule has 3 rings (SSSR count). The second-order valence-electron chi connectivity index (χ2n) is 6.59. The Morgan fingerprint density at radius 3 is 2.46 bits per heavy atom. The van der Waals surface area contributed by atoms with E-state index >= 15 is 0 Å². The summed E-state index contributed by atoms with van der Waals surface area (Å²) in [5.41, 5.74) is 3.44. The first kappa shape index (κ1) is 20.0. The number of aryl methyl sites for hydroxylation is 1. The normalized spacial score (nSPS) is 12.2. The van der Waals surface area contributed by atoms with Crippen LogP contribution in [-0.2, 0) is 6.54 Å². The second-order valence-corrected chi connectivity index (χ2v) is 7.90. The summed E-state index contributed by atoms with van der Waals surface area (Å²) in [6, 6.07) is 3.76. The molecule has 3 aromatic rings. The summed E-state index contributed by atoms with van der Waals surface area (Å²) in [7, 11) is 0. The van der Waals surface area contributed by atoms with E-state index in [-0.39, 0.29) is 16.8 Å². The van der Waals surface area contributed by atoms with Crippen molar-refractivity contribution >= 4 is 23.3 Å². The van der Waals surface area contributed by atoms with Crippen molar-refractivity contribution in [2.75, 3.05) is 0 Å². The molecule has 0 unspecified atom stereocenters. The minimum Gasteiger partial charge on any atom is -0.355 e. The van der Waals surface area contributed by atoms with E-state index in [9.17, 15) is 9.59 Å². The predicted octanol–water partition coefficient (Wildman–Crippen LogP) is 3.87. The molecule has 7 nitrogen and oxygen atoms in total. The highest BCUT2D eigenvalue weighted by molar-refractivity contribution is 8.00. The summed E-state index contributed by atoms with van der Waals surface area (Å²) in [4.78, 5) is 32.0. The minimum atomic E-state index is -0.378. The Hall–Kier alpha value is -2.74. The first-order valence-corrected chi connectivity index (χ1v) is 9.97. The Balaban J connectivity index is 1.87. The van der Waals surface area contributed by atoms with Crippen LogP contribution in [0.2, 0.25) is 0 Å². The number of Topliss-reactive ketones (excluding diaryl/α,β-unsaturated/α-hetero) is 2. The van der Waals surface area contributed by atoms with Crippen LogP contribution >= 0.6 is 11.8 Å². The van der Waals surface area contributed by atoms with Gasteiger partial charge in [0.05, 0.1) is 10.9 Å². The maximum absolute atomic E-state index is 13.0. The van der Waals surface area contributed by atoms with Crippen molar-refractivity contribution < 1.29 is 9.59 Å². The van der Waals surface area contributed by atoms with E-state index in [1.165, 1.54) is 18.7 Å². The third-order valence-corrected chi connectivity index (χ3v) is 5.74. The second kappa shape index (κ2) is 8.10. The molecule has 0 aliphatic carbocycles.